The van der Waals surface area contributed by atoms with E-state index in [0.29, 0.717) is 16.9 Å². The highest BCUT2D eigenvalue weighted by atomic mass is 19.1. The van der Waals surface area contributed by atoms with Crippen molar-refractivity contribution in [1.82, 2.24) is 15.4 Å². The normalized spacial score (nSPS) is 16.1. The Labute approximate surface area is 145 Å². The van der Waals surface area contributed by atoms with Crippen LogP contribution in [-0.4, -0.2) is 40.7 Å². The summed E-state index contributed by atoms with van der Waals surface area (Å²) in [5.74, 6) is -0.291. The van der Waals surface area contributed by atoms with Gasteiger partial charge in [-0.15, -0.1) is 0 Å². The third kappa shape index (κ3) is 3.72. The van der Waals surface area contributed by atoms with Gasteiger partial charge >= 0.3 is 0 Å². The van der Waals surface area contributed by atoms with Gasteiger partial charge in [0, 0.05) is 12.1 Å². The van der Waals surface area contributed by atoms with Crippen molar-refractivity contribution in [1.29, 1.82) is 0 Å². The molecule has 1 unspecified atom stereocenters. The molecule has 0 radical (unpaired) electrons. The number of hydrogen-bond acceptors (Lipinski definition) is 5. The highest BCUT2D eigenvalue weighted by molar-refractivity contribution is 5.93. The number of aromatic nitrogens is 1. The Morgan fingerprint density at radius 3 is 2.80 bits per heavy atom. The molecule has 0 bridgehead atoms. The Balaban J connectivity index is 1.76. The molecule has 0 aliphatic carbocycles. The molecule has 1 aromatic heterocycles. The van der Waals surface area contributed by atoms with E-state index in [0.717, 1.165) is 25.9 Å². The van der Waals surface area contributed by atoms with Crippen LogP contribution < -0.4 is 5.32 Å². The minimum atomic E-state index is -0.429. The number of hydrogen-bond donors (Lipinski definition) is 2. The lowest BCUT2D eigenvalue weighted by atomic mass is 10.0. The fraction of sp³-hybridized carbons (Fsp3) is 0.444. The van der Waals surface area contributed by atoms with Crippen LogP contribution in [0, 0.1) is 12.7 Å². The second kappa shape index (κ2) is 7.76. The first-order chi connectivity index (χ1) is 12.1. The summed E-state index contributed by atoms with van der Waals surface area (Å²) in [6.07, 6.45) is 2.13. The molecule has 134 valence electrons. The van der Waals surface area contributed by atoms with Crippen LogP contribution in [0.2, 0.25) is 0 Å². The molecule has 0 spiro atoms. The first kappa shape index (κ1) is 17.6. The Morgan fingerprint density at radius 1 is 1.40 bits per heavy atom. The molecule has 7 heteroatoms. The topological polar surface area (TPSA) is 78.6 Å². The number of carbonyl (C=O) groups is 1. The molecule has 6 nitrogen and oxygen atoms in total. The Bertz CT molecular complexity index is 741. The average molecular weight is 347 g/mol. The number of rotatable bonds is 6. The van der Waals surface area contributed by atoms with E-state index in [9.17, 15) is 14.3 Å². The van der Waals surface area contributed by atoms with Gasteiger partial charge in [-0.25, -0.2) is 4.39 Å². The number of aliphatic hydroxyl groups is 1. The molecule has 2 heterocycles. The molecule has 1 saturated heterocycles. The summed E-state index contributed by atoms with van der Waals surface area (Å²) in [4.78, 5) is 14.6. The standard InChI is InChI=1S/C18H22FN3O3/c1-12-14(11-23)17(21-25-12)18(24)20-10-16(22-8-4-5-9-22)13-6-2-3-7-15(13)19/h2-3,6-7,16,23H,4-5,8-11H2,1H3,(H,20,24). The third-order valence-electron chi connectivity index (χ3n) is 4.66. The Kier molecular flexibility index (Phi) is 5.45. The molecule has 1 aromatic carbocycles. The third-order valence-corrected chi connectivity index (χ3v) is 4.66. The quantitative estimate of drug-likeness (QED) is 0.837. The molecule has 1 aliphatic heterocycles. The molecule has 3 rings (SSSR count). The van der Waals surface area contributed by atoms with Gasteiger partial charge in [0.25, 0.3) is 5.91 Å². The number of benzene rings is 1. The van der Waals surface area contributed by atoms with E-state index in [1.807, 2.05) is 0 Å². The first-order valence-corrected chi connectivity index (χ1v) is 8.44. The molecule has 2 aromatic rings. The van der Waals surface area contributed by atoms with Gasteiger partial charge < -0.3 is 14.9 Å². The van der Waals surface area contributed by atoms with Crippen LogP contribution >= 0.6 is 0 Å². The van der Waals surface area contributed by atoms with Crippen LogP contribution in [0.15, 0.2) is 28.8 Å². The van der Waals surface area contributed by atoms with Gasteiger partial charge in [-0.05, 0) is 38.9 Å². The summed E-state index contributed by atoms with van der Waals surface area (Å²) in [6.45, 7) is 3.33. The lowest BCUT2D eigenvalue weighted by Crippen LogP contribution is -2.37. The Morgan fingerprint density at radius 2 is 2.12 bits per heavy atom. The number of aliphatic hydroxyl groups excluding tert-OH is 1. The van der Waals surface area contributed by atoms with Crippen molar-refractivity contribution in [2.45, 2.75) is 32.4 Å². The Hall–Kier alpha value is -2.25. The van der Waals surface area contributed by atoms with E-state index in [-0.39, 0.29) is 30.7 Å². The van der Waals surface area contributed by atoms with Crippen LogP contribution in [0.3, 0.4) is 0 Å². The highest BCUT2D eigenvalue weighted by Gasteiger charge is 2.27. The lowest BCUT2D eigenvalue weighted by Gasteiger charge is -2.28. The first-order valence-electron chi connectivity index (χ1n) is 8.44. The minimum Gasteiger partial charge on any atom is -0.391 e. The molecule has 1 amide bonds. The van der Waals surface area contributed by atoms with E-state index >= 15 is 0 Å². The van der Waals surface area contributed by atoms with Crippen LogP contribution in [0.5, 0.6) is 0 Å². The summed E-state index contributed by atoms with van der Waals surface area (Å²) in [6, 6.07) is 6.41. The van der Waals surface area contributed by atoms with Gasteiger partial charge in [0.2, 0.25) is 0 Å². The maximum absolute atomic E-state index is 14.3. The zero-order chi connectivity index (χ0) is 17.8. The predicted octanol–water partition coefficient (Wildman–Crippen LogP) is 2.18. The number of halogens is 1. The number of likely N-dealkylation sites (tertiary alicyclic amines) is 1. The summed E-state index contributed by atoms with van der Waals surface area (Å²) in [7, 11) is 0. The summed E-state index contributed by atoms with van der Waals surface area (Å²) in [5.41, 5.74) is 1.03. The summed E-state index contributed by atoms with van der Waals surface area (Å²) < 4.78 is 19.2. The smallest absolute Gasteiger partial charge is 0.273 e. The molecule has 1 aliphatic rings. The zero-order valence-corrected chi connectivity index (χ0v) is 14.2. The largest absolute Gasteiger partial charge is 0.391 e. The zero-order valence-electron chi connectivity index (χ0n) is 14.2. The van der Waals surface area contributed by atoms with Crippen molar-refractivity contribution in [3.8, 4) is 0 Å². The maximum Gasteiger partial charge on any atom is 0.273 e. The number of aryl methyl sites for hydroxylation is 1. The summed E-state index contributed by atoms with van der Waals surface area (Å²) in [5, 5.41) is 15.9. The minimum absolute atomic E-state index is 0.0775. The molecule has 0 saturated carbocycles. The van der Waals surface area contributed by atoms with Crippen molar-refractivity contribution in [2.24, 2.45) is 0 Å². The van der Waals surface area contributed by atoms with E-state index in [1.54, 1.807) is 25.1 Å². The summed E-state index contributed by atoms with van der Waals surface area (Å²) >= 11 is 0. The number of carbonyl (C=O) groups excluding carboxylic acids is 1. The van der Waals surface area contributed by atoms with Crippen LogP contribution in [-0.2, 0) is 6.61 Å². The van der Waals surface area contributed by atoms with Crippen molar-refractivity contribution >= 4 is 5.91 Å². The fourth-order valence-electron chi connectivity index (χ4n) is 3.26. The number of nitrogens with zero attached hydrogens (tertiary/aromatic N) is 2. The van der Waals surface area contributed by atoms with Crippen molar-refractivity contribution in [2.75, 3.05) is 19.6 Å². The highest BCUT2D eigenvalue weighted by Crippen LogP contribution is 2.26. The average Bonchev–Trinajstić information content (AvgIpc) is 3.26. The van der Waals surface area contributed by atoms with Crippen LogP contribution in [0.1, 0.15) is 46.3 Å². The fourth-order valence-corrected chi connectivity index (χ4v) is 3.26. The van der Waals surface area contributed by atoms with E-state index in [2.05, 4.69) is 15.4 Å². The number of nitrogens with one attached hydrogen (secondary N) is 1. The van der Waals surface area contributed by atoms with Gasteiger partial charge in [-0.3, -0.25) is 9.69 Å². The van der Waals surface area contributed by atoms with Gasteiger partial charge in [-0.1, -0.05) is 23.4 Å². The van der Waals surface area contributed by atoms with Crippen LogP contribution in [0.4, 0.5) is 4.39 Å². The van der Waals surface area contributed by atoms with Gasteiger partial charge in [0.1, 0.15) is 11.6 Å². The molecule has 1 atom stereocenters. The monoisotopic (exact) mass is 347 g/mol. The van der Waals surface area contributed by atoms with Crippen molar-refractivity contribution in [3.63, 3.8) is 0 Å². The van der Waals surface area contributed by atoms with E-state index < -0.39 is 5.91 Å². The molecular weight excluding hydrogens is 325 g/mol. The van der Waals surface area contributed by atoms with Gasteiger partial charge in [0.15, 0.2) is 5.69 Å². The number of amides is 1. The lowest BCUT2D eigenvalue weighted by molar-refractivity contribution is 0.0925. The van der Waals surface area contributed by atoms with E-state index in [4.69, 9.17) is 4.52 Å². The second-order valence-electron chi connectivity index (χ2n) is 6.21. The molecule has 2 N–H and O–H groups in total. The SMILES string of the molecule is Cc1onc(C(=O)NCC(c2ccccc2F)N2CCCC2)c1CO. The second-order valence-corrected chi connectivity index (χ2v) is 6.21. The van der Waals surface area contributed by atoms with Crippen molar-refractivity contribution < 1.29 is 18.8 Å². The van der Waals surface area contributed by atoms with E-state index in [1.165, 1.54) is 6.07 Å². The molecular formula is C18H22FN3O3. The van der Waals surface area contributed by atoms with Gasteiger partial charge in [0.05, 0.1) is 18.2 Å². The molecule has 1 fully saturated rings. The van der Waals surface area contributed by atoms with Gasteiger partial charge in [-0.2, -0.15) is 0 Å². The molecule has 25 heavy (non-hydrogen) atoms. The van der Waals surface area contributed by atoms with Crippen LogP contribution in [0.25, 0.3) is 0 Å². The predicted molar refractivity (Wildman–Crippen MR) is 89.4 cm³/mol. The van der Waals surface area contributed by atoms with Crippen molar-refractivity contribution in [3.05, 3.63) is 52.7 Å². The maximum atomic E-state index is 14.3.